The van der Waals surface area contributed by atoms with Crippen molar-refractivity contribution in [3.05, 3.63) is 47.8 Å². The standard InChI is InChI=1S/C21H21F3N4O4/c1-28-15-6-5-13(11-14(15)27-20(28)21(22,23)24)26-19(30)18(29)25-9-8-12-4-7-16(31-2)17(10-12)32-3/h4-7,10-11H,8-9H2,1-3H3,(H,25,29)(H,26,30). The molecule has 1 aromatic heterocycles. The van der Waals surface area contributed by atoms with Gasteiger partial charge in [0, 0.05) is 19.3 Å². The van der Waals surface area contributed by atoms with Crippen molar-refractivity contribution in [1.29, 1.82) is 0 Å². The van der Waals surface area contributed by atoms with E-state index in [2.05, 4.69) is 15.6 Å². The summed E-state index contributed by atoms with van der Waals surface area (Å²) in [7, 11) is 4.29. The van der Waals surface area contributed by atoms with E-state index in [1.807, 2.05) is 6.07 Å². The highest BCUT2D eigenvalue weighted by atomic mass is 19.4. The van der Waals surface area contributed by atoms with E-state index in [-0.39, 0.29) is 23.3 Å². The predicted octanol–water partition coefficient (Wildman–Crippen LogP) is 2.91. The zero-order valence-electron chi connectivity index (χ0n) is 17.5. The number of anilines is 1. The second-order valence-electron chi connectivity index (χ2n) is 6.85. The van der Waals surface area contributed by atoms with Crippen molar-refractivity contribution in [2.75, 3.05) is 26.1 Å². The largest absolute Gasteiger partial charge is 0.493 e. The van der Waals surface area contributed by atoms with Crippen molar-refractivity contribution >= 4 is 28.5 Å². The molecule has 0 unspecified atom stereocenters. The number of ether oxygens (including phenoxy) is 2. The number of halogens is 3. The first-order valence-electron chi connectivity index (χ1n) is 9.47. The quantitative estimate of drug-likeness (QED) is 0.564. The van der Waals surface area contributed by atoms with Crippen molar-refractivity contribution in [2.24, 2.45) is 7.05 Å². The number of aromatic nitrogens is 2. The van der Waals surface area contributed by atoms with Crippen LogP contribution in [-0.2, 0) is 29.2 Å². The minimum Gasteiger partial charge on any atom is -0.493 e. The SMILES string of the molecule is COc1ccc(CCNC(=O)C(=O)Nc2ccc3c(c2)nc(C(F)(F)F)n3C)cc1OC. The Morgan fingerprint density at radius 1 is 1.03 bits per heavy atom. The minimum absolute atomic E-state index is 0.0477. The Bertz CT molecular complexity index is 1160. The molecule has 0 atom stereocenters. The van der Waals surface area contributed by atoms with Crippen LogP contribution in [0.25, 0.3) is 11.0 Å². The first kappa shape index (κ1) is 22.9. The van der Waals surface area contributed by atoms with Gasteiger partial charge in [-0.2, -0.15) is 13.2 Å². The molecular weight excluding hydrogens is 429 g/mol. The van der Waals surface area contributed by atoms with E-state index in [4.69, 9.17) is 9.47 Å². The molecule has 0 spiro atoms. The fourth-order valence-corrected chi connectivity index (χ4v) is 3.16. The summed E-state index contributed by atoms with van der Waals surface area (Å²) in [6, 6.07) is 9.38. The number of carbonyl (C=O) groups is 2. The van der Waals surface area contributed by atoms with E-state index in [0.29, 0.717) is 17.9 Å². The topological polar surface area (TPSA) is 94.5 Å². The maximum absolute atomic E-state index is 13.0. The van der Waals surface area contributed by atoms with Crippen LogP contribution < -0.4 is 20.1 Å². The predicted molar refractivity (Wildman–Crippen MR) is 111 cm³/mol. The lowest BCUT2D eigenvalue weighted by Crippen LogP contribution is -2.36. The van der Waals surface area contributed by atoms with Crippen molar-refractivity contribution in [3.63, 3.8) is 0 Å². The summed E-state index contributed by atoms with van der Waals surface area (Å²) in [6.45, 7) is 0.190. The molecule has 0 saturated carbocycles. The molecule has 1 heterocycles. The van der Waals surface area contributed by atoms with Crippen molar-refractivity contribution < 1.29 is 32.2 Å². The number of amides is 2. The van der Waals surface area contributed by atoms with Crippen LogP contribution in [0.3, 0.4) is 0 Å². The number of aryl methyl sites for hydroxylation is 1. The summed E-state index contributed by atoms with van der Waals surface area (Å²) in [5.41, 5.74) is 1.31. The van der Waals surface area contributed by atoms with Crippen LogP contribution in [0.1, 0.15) is 11.4 Å². The lowest BCUT2D eigenvalue weighted by atomic mass is 10.1. The Balaban J connectivity index is 1.59. The molecule has 0 saturated heterocycles. The monoisotopic (exact) mass is 450 g/mol. The molecule has 2 aromatic carbocycles. The highest BCUT2D eigenvalue weighted by Gasteiger charge is 2.36. The number of alkyl halides is 3. The molecule has 3 rings (SSSR count). The van der Waals surface area contributed by atoms with Gasteiger partial charge in [-0.15, -0.1) is 0 Å². The fraction of sp³-hybridized carbons (Fsp3) is 0.286. The molecule has 11 heteroatoms. The van der Waals surface area contributed by atoms with Gasteiger partial charge in [-0.05, 0) is 42.3 Å². The molecule has 0 radical (unpaired) electrons. The summed E-state index contributed by atoms with van der Waals surface area (Å²) >= 11 is 0. The first-order valence-corrected chi connectivity index (χ1v) is 9.47. The number of nitrogens with one attached hydrogen (secondary N) is 2. The summed E-state index contributed by atoms with van der Waals surface area (Å²) in [5, 5.41) is 4.86. The van der Waals surface area contributed by atoms with Gasteiger partial charge in [-0.1, -0.05) is 6.07 Å². The summed E-state index contributed by atoms with van der Waals surface area (Å²) in [5.74, 6) is -1.74. The molecule has 8 nitrogen and oxygen atoms in total. The fourth-order valence-electron chi connectivity index (χ4n) is 3.16. The number of hydrogen-bond donors (Lipinski definition) is 2. The van der Waals surface area contributed by atoms with E-state index >= 15 is 0 Å². The Morgan fingerprint density at radius 2 is 1.75 bits per heavy atom. The second-order valence-corrected chi connectivity index (χ2v) is 6.85. The van der Waals surface area contributed by atoms with Crippen molar-refractivity contribution in [3.8, 4) is 11.5 Å². The van der Waals surface area contributed by atoms with Crippen LogP contribution >= 0.6 is 0 Å². The van der Waals surface area contributed by atoms with E-state index in [1.54, 1.807) is 12.1 Å². The highest BCUT2D eigenvalue weighted by Crippen LogP contribution is 2.31. The zero-order chi connectivity index (χ0) is 23.5. The summed E-state index contributed by atoms with van der Waals surface area (Å²) in [6.07, 6.45) is -4.16. The number of nitrogens with zero attached hydrogens (tertiary/aromatic N) is 2. The second kappa shape index (κ2) is 9.16. The number of benzene rings is 2. The van der Waals surface area contributed by atoms with Gasteiger partial charge in [0.2, 0.25) is 5.82 Å². The van der Waals surface area contributed by atoms with Crippen LogP contribution in [0.2, 0.25) is 0 Å². The summed E-state index contributed by atoms with van der Waals surface area (Å²) in [4.78, 5) is 27.8. The number of rotatable bonds is 6. The van der Waals surface area contributed by atoms with Crippen LogP contribution in [-0.4, -0.2) is 42.1 Å². The molecular formula is C21H21F3N4O4. The molecule has 170 valence electrons. The third-order valence-electron chi connectivity index (χ3n) is 4.75. The molecule has 0 aliphatic rings. The van der Waals surface area contributed by atoms with Crippen LogP contribution in [0.15, 0.2) is 36.4 Å². The van der Waals surface area contributed by atoms with Gasteiger partial charge in [0.15, 0.2) is 11.5 Å². The van der Waals surface area contributed by atoms with Gasteiger partial charge in [0.1, 0.15) is 0 Å². The Morgan fingerprint density at radius 3 is 2.41 bits per heavy atom. The van der Waals surface area contributed by atoms with E-state index in [9.17, 15) is 22.8 Å². The normalized spacial score (nSPS) is 11.3. The maximum Gasteiger partial charge on any atom is 0.449 e. The van der Waals surface area contributed by atoms with Crippen molar-refractivity contribution in [1.82, 2.24) is 14.9 Å². The van der Waals surface area contributed by atoms with Gasteiger partial charge in [-0.3, -0.25) is 9.59 Å². The maximum atomic E-state index is 13.0. The molecule has 0 bridgehead atoms. The molecule has 0 aliphatic carbocycles. The Hall–Kier alpha value is -3.76. The number of carbonyl (C=O) groups excluding carboxylic acids is 2. The van der Waals surface area contributed by atoms with Crippen LogP contribution in [0.4, 0.5) is 18.9 Å². The van der Waals surface area contributed by atoms with E-state index in [1.165, 1.54) is 39.5 Å². The number of fused-ring (bicyclic) bond motifs is 1. The Kier molecular flexibility index (Phi) is 6.56. The average Bonchev–Trinajstić information content (AvgIpc) is 3.09. The van der Waals surface area contributed by atoms with Crippen LogP contribution in [0, 0.1) is 0 Å². The Labute approximate surface area is 181 Å². The van der Waals surface area contributed by atoms with Crippen molar-refractivity contribution in [2.45, 2.75) is 12.6 Å². The summed E-state index contributed by atoms with van der Waals surface area (Å²) < 4.78 is 50.3. The van der Waals surface area contributed by atoms with Gasteiger partial charge < -0.3 is 24.7 Å². The third kappa shape index (κ3) is 4.93. The molecule has 2 amide bonds. The highest BCUT2D eigenvalue weighted by molar-refractivity contribution is 6.39. The lowest BCUT2D eigenvalue weighted by Gasteiger charge is -2.10. The van der Waals surface area contributed by atoms with Crippen LogP contribution in [0.5, 0.6) is 11.5 Å². The molecule has 0 fully saturated rings. The smallest absolute Gasteiger partial charge is 0.449 e. The molecule has 0 aliphatic heterocycles. The zero-order valence-corrected chi connectivity index (χ0v) is 17.5. The molecule has 3 aromatic rings. The average molecular weight is 450 g/mol. The number of imidazole rings is 1. The van der Waals surface area contributed by atoms with Gasteiger partial charge in [0.25, 0.3) is 0 Å². The van der Waals surface area contributed by atoms with Gasteiger partial charge in [0.05, 0.1) is 25.3 Å². The molecule has 2 N–H and O–H groups in total. The minimum atomic E-state index is -4.61. The van der Waals surface area contributed by atoms with E-state index in [0.717, 1.165) is 10.1 Å². The lowest BCUT2D eigenvalue weighted by molar-refractivity contribution is -0.146. The number of hydrogen-bond acceptors (Lipinski definition) is 5. The molecule has 32 heavy (non-hydrogen) atoms. The number of methoxy groups -OCH3 is 2. The van der Waals surface area contributed by atoms with Gasteiger partial charge >= 0.3 is 18.0 Å². The third-order valence-corrected chi connectivity index (χ3v) is 4.75. The van der Waals surface area contributed by atoms with Gasteiger partial charge in [-0.25, -0.2) is 4.98 Å². The first-order chi connectivity index (χ1) is 15.1. The van der Waals surface area contributed by atoms with E-state index < -0.39 is 23.8 Å².